The smallest absolute Gasteiger partial charge is 0.382 e. The molecule has 0 amide bonds. The van der Waals surface area contributed by atoms with Crippen LogP contribution in [0.2, 0.25) is 0 Å². The van der Waals surface area contributed by atoms with Crippen LogP contribution in [0.5, 0.6) is 0 Å². The van der Waals surface area contributed by atoms with Crippen molar-refractivity contribution >= 4 is 9.53 Å². The molecular weight excluding hydrogens is 204 g/mol. The van der Waals surface area contributed by atoms with Crippen molar-refractivity contribution in [3.05, 3.63) is 0 Å². The molecule has 0 radical (unpaired) electrons. The molecule has 0 fully saturated rings. The van der Waals surface area contributed by atoms with Gasteiger partial charge >= 0.3 is 9.53 Å². The van der Waals surface area contributed by atoms with E-state index in [-0.39, 0.29) is 0 Å². The van der Waals surface area contributed by atoms with Gasteiger partial charge in [0.2, 0.25) is 0 Å². The zero-order valence-corrected chi connectivity index (χ0v) is 10.3. The first-order valence-electron chi connectivity index (χ1n) is 4.67. The van der Waals surface area contributed by atoms with E-state index in [1.807, 2.05) is 6.92 Å². The van der Waals surface area contributed by atoms with Crippen LogP contribution in [-0.4, -0.2) is 56.8 Å². The average Bonchev–Trinajstić information content (AvgIpc) is 2.18. The molecule has 0 aromatic carbocycles. The van der Waals surface area contributed by atoms with Crippen molar-refractivity contribution in [3.8, 4) is 0 Å². The molecule has 14 heavy (non-hydrogen) atoms. The minimum atomic E-state index is -1.96. The molecule has 0 rings (SSSR count). The molecule has 0 aliphatic heterocycles. The molecule has 0 N–H and O–H groups in total. The van der Waals surface area contributed by atoms with Crippen LogP contribution in [0.1, 0.15) is 6.92 Å². The summed E-state index contributed by atoms with van der Waals surface area (Å²) in [6, 6.07) is 0. The van der Waals surface area contributed by atoms with E-state index in [1.54, 1.807) is 14.2 Å². The van der Waals surface area contributed by atoms with Crippen molar-refractivity contribution in [3.63, 3.8) is 0 Å². The SMILES string of the molecule is CCO[SiH](OCCOC)OCCOC. The predicted octanol–water partition coefficient (Wildman–Crippen LogP) is 0.0661. The maximum absolute atomic E-state index is 5.38. The Kier molecular flexibility index (Phi) is 11.1. The second-order valence-electron chi connectivity index (χ2n) is 2.47. The van der Waals surface area contributed by atoms with Crippen molar-refractivity contribution in [1.29, 1.82) is 0 Å². The highest BCUT2D eigenvalue weighted by atomic mass is 28.3. The van der Waals surface area contributed by atoms with Crippen molar-refractivity contribution < 1.29 is 22.8 Å². The third-order valence-corrected chi connectivity index (χ3v) is 3.01. The maximum Gasteiger partial charge on any atom is 0.484 e. The Morgan fingerprint density at radius 1 is 0.786 bits per heavy atom. The Morgan fingerprint density at radius 3 is 1.64 bits per heavy atom. The van der Waals surface area contributed by atoms with E-state index >= 15 is 0 Å². The Balaban J connectivity index is 3.44. The first kappa shape index (κ1) is 14.0. The van der Waals surface area contributed by atoms with E-state index < -0.39 is 9.53 Å². The maximum atomic E-state index is 5.38. The van der Waals surface area contributed by atoms with Crippen LogP contribution in [0.15, 0.2) is 0 Å². The molecule has 0 saturated carbocycles. The topological polar surface area (TPSA) is 46.2 Å². The van der Waals surface area contributed by atoms with Crippen molar-refractivity contribution in [2.24, 2.45) is 0 Å². The third kappa shape index (κ3) is 8.61. The summed E-state index contributed by atoms with van der Waals surface area (Å²) in [5.41, 5.74) is 0. The van der Waals surface area contributed by atoms with Crippen LogP contribution in [-0.2, 0) is 22.8 Å². The Labute approximate surface area is 87.2 Å². The second kappa shape index (κ2) is 11.1. The van der Waals surface area contributed by atoms with E-state index in [2.05, 4.69) is 0 Å². The highest BCUT2D eigenvalue weighted by molar-refractivity contribution is 6.36. The fraction of sp³-hybridized carbons (Fsp3) is 1.00. The van der Waals surface area contributed by atoms with Gasteiger partial charge in [0.1, 0.15) is 0 Å². The molecule has 0 aromatic rings. The third-order valence-electron chi connectivity index (χ3n) is 1.39. The Morgan fingerprint density at radius 2 is 1.29 bits per heavy atom. The number of ether oxygens (including phenoxy) is 2. The van der Waals surface area contributed by atoms with Crippen LogP contribution < -0.4 is 0 Å². The molecule has 0 spiro atoms. The normalized spacial score (nSPS) is 11.1. The quantitative estimate of drug-likeness (QED) is 0.388. The van der Waals surface area contributed by atoms with Gasteiger partial charge in [-0.2, -0.15) is 0 Å². The molecule has 5 nitrogen and oxygen atoms in total. The van der Waals surface area contributed by atoms with Gasteiger partial charge in [-0.15, -0.1) is 0 Å². The highest BCUT2D eigenvalue weighted by Crippen LogP contribution is 1.92. The van der Waals surface area contributed by atoms with Crippen LogP contribution in [0.25, 0.3) is 0 Å². The lowest BCUT2D eigenvalue weighted by atomic mass is 10.8. The van der Waals surface area contributed by atoms with Gasteiger partial charge in [-0.05, 0) is 6.92 Å². The Hall–Kier alpha value is 0.0169. The highest BCUT2D eigenvalue weighted by Gasteiger charge is 2.13. The summed E-state index contributed by atoms with van der Waals surface area (Å²) in [5.74, 6) is 0. The van der Waals surface area contributed by atoms with Gasteiger partial charge in [-0.1, -0.05) is 0 Å². The van der Waals surface area contributed by atoms with Gasteiger partial charge in [0.15, 0.2) is 0 Å². The standard InChI is InChI=1S/C8H20O5Si/c1-4-11-14(12-7-5-9-2)13-8-6-10-3/h14H,4-8H2,1-3H3. The van der Waals surface area contributed by atoms with E-state index in [9.17, 15) is 0 Å². The molecule has 0 bridgehead atoms. The molecule has 86 valence electrons. The van der Waals surface area contributed by atoms with Gasteiger partial charge < -0.3 is 22.8 Å². The zero-order chi connectivity index (χ0) is 10.6. The van der Waals surface area contributed by atoms with Crippen molar-refractivity contribution in [1.82, 2.24) is 0 Å². The average molecular weight is 224 g/mol. The van der Waals surface area contributed by atoms with Crippen LogP contribution in [0.3, 0.4) is 0 Å². The first-order valence-corrected chi connectivity index (χ1v) is 6.09. The molecule has 0 aliphatic carbocycles. The number of rotatable bonds is 10. The van der Waals surface area contributed by atoms with Gasteiger partial charge in [0, 0.05) is 20.8 Å². The van der Waals surface area contributed by atoms with Crippen LogP contribution in [0, 0.1) is 0 Å². The first-order chi connectivity index (χ1) is 6.85. The van der Waals surface area contributed by atoms with E-state index in [0.29, 0.717) is 33.0 Å². The zero-order valence-electron chi connectivity index (χ0n) is 9.15. The van der Waals surface area contributed by atoms with Gasteiger partial charge in [-0.25, -0.2) is 0 Å². The fourth-order valence-corrected chi connectivity index (χ4v) is 1.87. The largest absolute Gasteiger partial charge is 0.484 e. The number of hydrogen-bond acceptors (Lipinski definition) is 5. The van der Waals surface area contributed by atoms with E-state index in [4.69, 9.17) is 22.8 Å². The summed E-state index contributed by atoms with van der Waals surface area (Å²) in [6.07, 6.45) is 0. The molecule has 0 atom stereocenters. The molecule has 0 aliphatic rings. The lowest BCUT2D eigenvalue weighted by molar-refractivity contribution is 0.0526. The summed E-state index contributed by atoms with van der Waals surface area (Å²) in [6.45, 7) is 4.67. The molecule has 0 unspecified atom stereocenters. The fourth-order valence-electron chi connectivity index (χ4n) is 0.736. The summed E-state index contributed by atoms with van der Waals surface area (Å²) >= 11 is 0. The molecule has 0 saturated heterocycles. The Bertz CT molecular complexity index is 104. The molecule has 0 heterocycles. The second-order valence-corrected chi connectivity index (χ2v) is 4.05. The molecule has 0 aromatic heterocycles. The van der Waals surface area contributed by atoms with E-state index in [0.717, 1.165) is 0 Å². The van der Waals surface area contributed by atoms with Crippen LogP contribution in [0.4, 0.5) is 0 Å². The lowest BCUT2D eigenvalue weighted by Crippen LogP contribution is -2.30. The molecular formula is C8H20O5Si. The number of methoxy groups -OCH3 is 2. The van der Waals surface area contributed by atoms with Gasteiger partial charge in [-0.3, -0.25) is 0 Å². The predicted molar refractivity (Wildman–Crippen MR) is 54.4 cm³/mol. The minimum Gasteiger partial charge on any atom is -0.382 e. The molecule has 6 heteroatoms. The summed E-state index contributed by atoms with van der Waals surface area (Å²) < 4.78 is 25.8. The monoisotopic (exact) mass is 224 g/mol. The summed E-state index contributed by atoms with van der Waals surface area (Å²) in [5, 5.41) is 0. The van der Waals surface area contributed by atoms with Crippen LogP contribution >= 0.6 is 0 Å². The van der Waals surface area contributed by atoms with Gasteiger partial charge in [0.25, 0.3) is 0 Å². The minimum absolute atomic E-state index is 0.514. The van der Waals surface area contributed by atoms with Crippen molar-refractivity contribution in [2.45, 2.75) is 6.92 Å². The summed E-state index contributed by atoms with van der Waals surface area (Å²) in [7, 11) is 1.31. The van der Waals surface area contributed by atoms with Gasteiger partial charge in [0.05, 0.1) is 26.4 Å². The van der Waals surface area contributed by atoms with E-state index in [1.165, 1.54) is 0 Å². The van der Waals surface area contributed by atoms with Crippen molar-refractivity contribution in [2.75, 3.05) is 47.3 Å². The summed E-state index contributed by atoms with van der Waals surface area (Å²) in [4.78, 5) is 0. The number of hydrogen-bond donors (Lipinski definition) is 0. The lowest BCUT2D eigenvalue weighted by Gasteiger charge is -2.15.